The van der Waals surface area contributed by atoms with Gasteiger partial charge in [0.1, 0.15) is 19.2 Å². The van der Waals surface area contributed by atoms with Crippen LogP contribution in [-0.4, -0.2) is 49.2 Å². The van der Waals surface area contributed by atoms with E-state index >= 15 is 0 Å². The number of aliphatic carboxylic acids is 1. The normalized spacial score (nSPS) is 11.6. The van der Waals surface area contributed by atoms with Crippen molar-refractivity contribution in [3.63, 3.8) is 0 Å². The molecule has 0 bridgehead atoms. The number of benzene rings is 2. The summed E-state index contributed by atoms with van der Waals surface area (Å²) in [6, 6.07) is 13.6. The van der Waals surface area contributed by atoms with Crippen molar-refractivity contribution in [2.75, 3.05) is 0 Å². The predicted molar refractivity (Wildman–Crippen MR) is 119 cm³/mol. The third kappa shape index (κ3) is 6.88. The highest BCUT2D eigenvalue weighted by molar-refractivity contribution is 7.99. The number of carboxylic acid groups (broad SMARTS) is 1. The Balaban J connectivity index is 1.66. The number of hydrogen-bond donors (Lipinski definition) is 2. The molecule has 3 rings (SSSR count). The summed E-state index contributed by atoms with van der Waals surface area (Å²) in [6.07, 6.45) is -1.49. The molecular formula is C22H23N5O5S. The van der Waals surface area contributed by atoms with Crippen LogP contribution in [0.15, 0.2) is 58.6 Å². The maximum absolute atomic E-state index is 12.8. The number of Topliss-reactive ketones (excluding diaryl/α,β-unsaturated/α-hetero) is 1. The maximum Gasteiger partial charge on any atom is 0.408 e. The van der Waals surface area contributed by atoms with Gasteiger partial charge in [-0.3, -0.25) is 9.59 Å². The number of alkyl carbamates (subject to hydrolysis) is 1. The summed E-state index contributed by atoms with van der Waals surface area (Å²) in [5.74, 6) is -1.80. The highest BCUT2D eigenvalue weighted by Gasteiger charge is 2.26. The fourth-order valence-corrected chi connectivity index (χ4v) is 3.93. The van der Waals surface area contributed by atoms with Crippen LogP contribution in [0.1, 0.15) is 23.1 Å². The molecule has 1 atom stereocenters. The fraction of sp³-hybridized carbons (Fsp3) is 0.273. The van der Waals surface area contributed by atoms with Crippen molar-refractivity contribution in [1.82, 2.24) is 25.5 Å². The van der Waals surface area contributed by atoms with Gasteiger partial charge in [0.25, 0.3) is 0 Å². The number of tetrazole rings is 1. The van der Waals surface area contributed by atoms with E-state index in [1.807, 2.05) is 38.1 Å². The largest absolute Gasteiger partial charge is 0.481 e. The van der Waals surface area contributed by atoms with Crippen LogP contribution in [0.2, 0.25) is 0 Å². The standard InChI is InChI=1S/C22H23N5O5S/c1-14-7-6-8-15(2)20(14)33-21-24-25-26-27(21)12-18(28)17(11-19(29)30)23-22(31)32-13-16-9-4-3-5-10-16/h3-10,17H,11-13H2,1-2H3,(H,23,31)(H,29,30). The quantitative estimate of drug-likeness (QED) is 0.459. The smallest absolute Gasteiger partial charge is 0.408 e. The Kier molecular flexibility index (Phi) is 8.14. The van der Waals surface area contributed by atoms with Crippen LogP contribution < -0.4 is 5.32 Å². The average Bonchev–Trinajstić information content (AvgIpc) is 3.21. The summed E-state index contributed by atoms with van der Waals surface area (Å²) in [5.41, 5.74) is 2.83. The van der Waals surface area contributed by atoms with E-state index in [9.17, 15) is 19.5 Å². The zero-order valence-corrected chi connectivity index (χ0v) is 18.9. The second kappa shape index (κ2) is 11.2. The zero-order chi connectivity index (χ0) is 23.8. The van der Waals surface area contributed by atoms with Crippen LogP contribution in [0, 0.1) is 13.8 Å². The number of carbonyl (C=O) groups excluding carboxylic acids is 2. The third-order valence-corrected chi connectivity index (χ3v) is 6.00. The molecule has 11 heteroatoms. The summed E-state index contributed by atoms with van der Waals surface area (Å²) < 4.78 is 6.39. The summed E-state index contributed by atoms with van der Waals surface area (Å²) in [7, 11) is 0. The lowest BCUT2D eigenvalue weighted by atomic mass is 10.1. The molecule has 0 aliphatic heterocycles. The molecule has 0 spiro atoms. The first-order valence-electron chi connectivity index (χ1n) is 10.1. The van der Waals surface area contributed by atoms with E-state index in [2.05, 4.69) is 20.8 Å². The first kappa shape index (κ1) is 23.9. The Morgan fingerprint density at radius 3 is 2.45 bits per heavy atom. The summed E-state index contributed by atoms with van der Waals surface area (Å²) in [5, 5.41) is 23.4. The number of rotatable bonds is 10. The van der Waals surface area contributed by atoms with E-state index in [0.29, 0.717) is 5.16 Å². The molecule has 2 aromatic carbocycles. The van der Waals surface area contributed by atoms with Gasteiger partial charge in [-0.25, -0.2) is 9.48 Å². The molecule has 0 aliphatic carbocycles. The van der Waals surface area contributed by atoms with Crippen LogP contribution in [-0.2, 0) is 27.5 Å². The first-order valence-corrected chi connectivity index (χ1v) is 10.9. The van der Waals surface area contributed by atoms with Gasteiger partial charge in [0.2, 0.25) is 5.16 Å². The lowest BCUT2D eigenvalue weighted by molar-refractivity contribution is -0.139. The van der Waals surface area contributed by atoms with Crippen LogP contribution in [0.5, 0.6) is 0 Å². The van der Waals surface area contributed by atoms with Crippen molar-refractivity contribution in [3.8, 4) is 0 Å². The highest BCUT2D eigenvalue weighted by atomic mass is 32.2. The lowest BCUT2D eigenvalue weighted by Gasteiger charge is -2.16. The Labute approximate surface area is 194 Å². The fourth-order valence-electron chi connectivity index (χ4n) is 3.01. The molecule has 1 unspecified atom stereocenters. The van der Waals surface area contributed by atoms with Gasteiger partial charge in [-0.15, -0.1) is 5.10 Å². The number of nitrogens with zero attached hydrogens (tertiary/aromatic N) is 4. The van der Waals surface area contributed by atoms with Gasteiger partial charge >= 0.3 is 12.1 Å². The number of hydrogen-bond acceptors (Lipinski definition) is 8. The third-order valence-electron chi connectivity index (χ3n) is 4.68. The second-order valence-electron chi connectivity index (χ2n) is 7.26. The monoisotopic (exact) mass is 469 g/mol. The van der Waals surface area contributed by atoms with Gasteiger partial charge < -0.3 is 15.2 Å². The van der Waals surface area contributed by atoms with Crippen LogP contribution in [0.3, 0.4) is 0 Å². The van der Waals surface area contributed by atoms with Gasteiger partial charge in [-0.2, -0.15) is 0 Å². The summed E-state index contributed by atoms with van der Waals surface area (Å²) in [4.78, 5) is 37.2. The van der Waals surface area contributed by atoms with Crippen molar-refractivity contribution in [2.24, 2.45) is 0 Å². The van der Waals surface area contributed by atoms with Gasteiger partial charge in [0.05, 0.1) is 6.42 Å². The van der Waals surface area contributed by atoms with E-state index < -0.39 is 30.3 Å². The summed E-state index contributed by atoms with van der Waals surface area (Å²) >= 11 is 1.31. The molecule has 1 heterocycles. The molecule has 1 amide bonds. The van der Waals surface area contributed by atoms with Gasteiger partial charge in [0, 0.05) is 4.90 Å². The molecular weight excluding hydrogens is 446 g/mol. The minimum atomic E-state index is -1.30. The van der Waals surface area contributed by atoms with Crippen LogP contribution in [0.25, 0.3) is 0 Å². The maximum atomic E-state index is 12.8. The molecule has 0 fully saturated rings. The number of carbonyl (C=O) groups is 3. The molecule has 0 aliphatic rings. The number of nitrogens with one attached hydrogen (secondary N) is 1. The Morgan fingerprint density at radius 2 is 1.79 bits per heavy atom. The Morgan fingerprint density at radius 1 is 1.09 bits per heavy atom. The molecule has 1 aromatic heterocycles. The topological polar surface area (TPSA) is 136 Å². The summed E-state index contributed by atoms with van der Waals surface area (Å²) in [6.45, 7) is 3.60. The molecule has 3 aromatic rings. The van der Waals surface area contributed by atoms with Gasteiger partial charge in [-0.1, -0.05) is 48.5 Å². The predicted octanol–water partition coefficient (Wildman–Crippen LogP) is 2.78. The molecule has 0 saturated heterocycles. The van der Waals surface area contributed by atoms with E-state index in [1.165, 1.54) is 16.4 Å². The highest BCUT2D eigenvalue weighted by Crippen LogP contribution is 2.31. The minimum absolute atomic E-state index is 0.00971. The molecule has 0 saturated carbocycles. The average molecular weight is 470 g/mol. The number of carboxylic acids is 1. The number of amides is 1. The second-order valence-corrected chi connectivity index (χ2v) is 8.24. The SMILES string of the molecule is Cc1cccc(C)c1Sc1nnnn1CC(=O)C(CC(=O)O)NC(=O)OCc1ccccc1. The van der Waals surface area contributed by atoms with E-state index in [4.69, 9.17) is 4.74 Å². The van der Waals surface area contributed by atoms with Crippen molar-refractivity contribution in [3.05, 3.63) is 65.2 Å². The van der Waals surface area contributed by atoms with Crippen molar-refractivity contribution < 1.29 is 24.2 Å². The van der Waals surface area contributed by atoms with Crippen LogP contribution >= 0.6 is 11.8 Å². The molecule has 172 valence electrons. The number of aryl methyl sites for hydroxylation is 2. The van der Waals surface area contributed by atoms with E-state index in [-0.39, 0.29) is 13.2 Å². The lowest BCUT2D eigenvalue weighted by Crippen LogP contribution is -2.44. The first-order chi connectivity index (χ1) is 15.8. The Bertz CT molecular complexity index is 1110. The number of ether oxygens (including phenoxy) is 1. The molecule has 2 N–H and O–H groups in total. The van der Waals surface area contributed by atoms with Crippen molar-refractivity contribution in [2.45, 2.75) is 49.5 Å². The van der Waals surface area contributed by atoms with Gasteiger partial charge in [-0.05, 0) is 52.7 Å². The zero-order valence-electron chi connectivity index (χ0n) is 18.1. The van der Waals surface area contributed by atoms with E-state index in [1.54, 1.807) is 24.3 Å². The van der Waals surface area contributed by atoms with Crippen molar-refractivity contribution >= 4 is 29.6 Å². The minimum Gasteiger partial charge on any atom is -0.481 e. The van der Waals surface area contributed by atoms with Crippen molar-refractivity contribution in [1.29, 1.82) is 0 Å². The molecule has 10 nitrogen and oxygen atoms in total. The van der Waals surface area contributed by atoms with E-state index in [0.717, 1.165) is 21.6 Å². The van der Waals surface area contributed by atoms with Crippen LogP contribution in [0.4, 0.5) is 4.79 Å². The van der Waals surface area contributed by atoms with Gasteiger partial charge in [0.15, 0.2) is 5.78 Å². The molecule has 0 radical (unpaired) electrons. The number of aromatic nitrogens is 4. The molecule has 33 heavy (non-hydrogen) atoms. The Hall–Kier alpha value is -3.73. The number of ketones is 1.